The van der Waals surface area contributed by atoms with E-state index in [2.05, 4.69) is 24.1 Å². The van der Waals surface area contributed by atoms with Crippen molar-refractivity contribution in [1.29, 1.82) is 0 Å². The molecule has 1 unspecified atom stereocenters. The zero-order valence-electron chi connectivity index (χ0n) is 9.76. The van der Waals surface area contributed by atoms with Gasteiger partial charge in [-0.25, -0.2) is 4.98 Å². The maximum absolute atomic E-state index is 5.92. The summed E-state index contributed by atoms with van der Waals surface area (Å²) in [4.78, 5) is 4.28. The summed E-state index contributed by atoms with van der Waals surface area (Å²) in [6.45, 7) is 5.22. The second-order valence-corrected chi connectivity index (χ2v) is 4.45. The largest absolute Gasteiger partial charge is 0.338 e. The van der Waals surface area contributed by atoms with Gasteiger partial charge in [-0.05, 0) is 13.3 Å². The van der Waals surface area contributed by atoms with E-state index >= 15 is 0 Å². The van der Waals surface area contributed by atoms with Gasteiger partial charge in [0.1, 0.15) is 5.82 Å². The molecule has 0 aliphatic rings. The van der Waals surface area contributed by atoms with Crippen LogP contribution in [0, 0.1) is 0 Å². The Morgan fingerprint density at radius 3 is 2.80 bits per heavy atom. The van der Waals surface area contributed by atoms with E-state index in [0.29, 0.717) is 5.88 Å². The lowest BCUT2D eigenvalue weighted by molar-refractivity contribution is 0.382. The molecule has 1 aromatic heterocycles. The van der Waals surface area contributed by atoms with Gasteiger partial charge in [0, 0.05) is 43.8 Å². The van der Waals surface area contributed by atoms with Crippen molar-refractivity contribution >= 4 is 11.6 Å². The van der Waals surface area contributed by atoms with Crippen molar-refractivity contribution in [3.8, 4) is 0 Å². The summed E-state index contributed by atoms with van der Waals surface area (Å²) in [5.74, 6) is 1.75. The van der Waals surface area contributed by atoms with Crippen molar-refractivity contribution in [2.45, 2.75) is 32.2 Å². The molecule has 1 rings (SSSR count). The van der Waals surface area contributed by atoms with E-state index in [9.17, 15) is 0 Å². The number of hydrogen-bond donors (Lipinski definition) is 1. The van der Waals surface area contributed by atoms with Crippen LogP contribution in [-0.4, -0.2) is 27.5 Å². The predicted octanol–water partition coefficient (Wildman–Crippen LogP) is 1.96. The van der Waals surface area contributed by atoms with Crippen LogP contribution in [0.1, 0.15) is 26.1 Å². The van der Waals surface area contributed by atoms with Crippen LogP contribution in [0.15, 0.2) is 12.4 Å². The van der Waals surface area contributed by atoms with Gasteiger partial charge in [-0.15, -0.1) is 11.6 Å². The fourth-order valence-corrected chi connectivity index (χ4v) is 1.66. The smallest absolute Gasteiger partial charge is 0.109 e. The first kappa shape index (κ1) is 12.5. The Labute approximate surface area is 96.8 Å². The summed E-state index contributed by atoms with van der Waals surface area (Å²) in [6.07, 6.45) is 5.78. The van der Waals surface area contributed by atoms with E-state index in [1.807, 2.05) is 24.0 Å². The molecule has 15 heavy (non-hydrogen) atoms. The summed E-state index contributed by atoms with van der Waals surface area (Å²) in [7, 11) is 2.02. The van der Waals surface area contributed by atoms with Crippen LogP contribution in [0.5, 0.6) is 0 Å². The van der Waals surface area contributed by atoms with Gasteiger partial charge in [0.05, 0.1) is 0 Å². The quantitative estimate of drug-likeness (QED) is 0.756. The topological polar surface area (TPSA) is 29.9 Å². The first-order valence-corrected chi connectivity index (χ1v) is 5.92. The lowest BCUT2D eigenvalue weighted by Gasteiger charge is -2.27. The number of nitrogens with zero attached hydrogens (tertiary/aromatic N) is 2. The van der Waals surface area contributed by atoms with Crippen molar-refractivity contribution in [2.24, 2.45) is 7.05 Å². The standard InChI is InChI=1S/C11H20ClN3/c1-4-11(2,9-12)14-6-5-10-13-7-8-15(10)3/h7-8,14H,4-6,9H2,1-3H3. The molecule has 0 aromatic carbocycles. The first-order chi connectivity index (χ1) is 7.11. The second-order valence-electron chi connectivity index (χ2n) is 4.18. The molecule has 0 spiro atoms. The van der Waals surface area contributed by atoms with Crippen molar-refractivity contribution in [3.63, 3.8) is 0 Å². The molecule has 86 valence electrons. The maximum Gasteiger partial charge on any atom is 0.109 e. The van der Waals surface area contributed by atoms with Gasteiger partial charge in [-0.1, -0.05) is 6.92 Å². The summed E-state index contributed by atoms with van der Waals surface area (Å²) in [6, 6.07) is 0. The minimum atomic E-state index is 0.0483. The molecular formula is C11H20ClN3. The predicted molar refractivity (Wildman–Crippen MR) is 64.3 cm³/mol. The molecule has 1 heterocycles. The van der Waals surface area contributed by atoms with Gasteiger partial charge in [-0.3, -0.25) is 0 Å². The van der Waals surface area contributed by atoms with Crippen molar-refractivity contribution < 1.29 is 0 Å². The van der Waals surface area contributed by atoms with Gasteiger partial charge in [-0.2, -0.15) is 0 Å². The van der Waals surface area contributed by atoms with Crippen LogP contribution in [-0.2, 0) is 13.5 Å². The molecule has 0 aliphatic carbocycles. The number of nitrogens with one attached hydrogen (secondary N) is 1. The van der Waals surface area contributed by atoms with Gasteiger partial charge >= 0.3 is 0 Å². The average Bonchev–Trinajstić information content (AvgIpc) is 2.64. The lowest BCUT2D eigenvalue weighted by atomic mass is 10.0. The van der Waals surface area contributed by atoms with Crippen LogP contribution < -0.4 is 5.32 Å². The Morgan fingerprint density at radius 2 is 2.33 bits per heavy atom. The molecule has 0 amide bonds. The number of aryl methyl sites for hydroxylation is 1. The number of rotatable bonds is 6. The van der Waals surface area contributed by atoms with Gasteiger partial charge in [0.2, 0.25) is 0 Å². The van der Waals surface area contributed by atoms with Crippen molar-refractivity contribution in [2.75, 3.05) is 12.4 Å². The molecule has 1 aromatic rings. The van der Waals surface area contributed by atoms with E-state index in [4.69, 9.17) is 11.6 Å². The third-order valence-electron chi connectivity index (χ3n) is 2.90. The number of aromatic nitrogens is 2. The number of halogens is 1. The molecule has 1 N–H and O–H groups in total. The normalized spacial score (nSPS) is 15.2. The van der Waals surface area contributed by atoms with Crippen LogP contribution in [0.25, 0.3) is 0 Å². The molecule has 4 heteroatoms. The third kappa shape index (κ3) is 3.50. The summed E-state index contributed by atoms with van der Waals surface area (Å²) in [5.41, 5.74) is 0.0483. The number of imidazole rings is 1. The number of alkyl halides is 1. The molecule has 0 bridgehead atoms. The minimum absolute atomic E-state index is 0.0483. The Kier molecular flexibility index (Phi) is 4.61. The molecule has 0 fully saturated rings. The van der Waals surface area contributed by atoms with Crippen LogP contribution in [0.3, 0.4) is 0 Å². The highest BCUT2D eigenvalue weighted by Crippen LogP contribution is 2.10. The Morgan fingerprint density at radius 1 is 1.60 bits per heavy atom. The van der Waals surface area contributed by atoms with Gasteiger partial charge in [0.25, 0.3) is 0 Å². The maximum atomic E-state index is 5.92. The van der Waals surface area contributed by atoms with Crippen molar-refractivity contribution in [1.82, 2.24) is 14.9 Å². The monoisotopic (exact) mass is 229 g/mol. The second kappa shape index (κ2) is 5.52. The Hall–Kier alpha value is -0.540. The average molecular weight is 230 g/mol. The van der Waals surface area contributed by atoms with Gasteiger partial charge in [0.15, 0.2) is 0 Å². The van der Waals surface area contributed by atoms with E-state index in [1.165, 1.54) is 0 Å². The molecule has 0 saturated carbocycles. The molecule has 0 radical (unpaired) electrons. The Balaban J connectivity index is 2.36. The van der Waals surface area contributed by atoms with Crippen LogP contribution >= 0.6 is 11.6 Å². The van der Waals surface area contributed by atoms with E-state index in [1.54, 1.807) is 0 Å². The van der Waals surface area contributed by atoms with E-state index < -0.39 is 0 Å². The molecule has 0 saturated heterocycles. The third-order valence-corrected chi connectivity index (χ3v) is 3.49. The molecule has 1 atom stereocenters. The van der Waals surface area contributed by atoms with E-state index in [0.717, 1.165) is 25.2 Å². The summed E-state index contributed by atoms with van der Waals surface area (Å²) in [5, 5.41) is 3.48. The fourth-order valence-electron chi connectivity index (χ4n) is 1.38. The van der Waals surface area contributed by atoms with E-state index in [-0.39, 0.29) is 5.54 Å². The molecular weight excluding hydrogens is 210 g/mol. The zero-order chi connectivity index (χ0) is 11.3. The SMILES string of the molecule is CCC(C)(CCl)NCCc1nccn1C. The molecule has 3 nitrogen and oxygen atoms in total. The highest BCUT2D eigenvalue weighted by molar-refractivity contribution is 6.18. The minimum Gasteiger partial charge on any atom is -0.338 e. The lowest BCUT2D eigenvalue weighted by Crippen LogP contribution is -2.44. The highest BCUT2D eigenvalue weighted by Gasteiger charge is 2.19. The Bertz CT molecular complexity index is 292. The number of hydrogen-bond acceptors (Lipinski definition) is 2. The highest BCUT2D eigenvalue weighted by atomic mass is 35.5. The van der Waals surface area contributed by atoms with Crippen LogP contribution in [0.2, 0.25) is 0 Å². The summed E-state index contributed by atoms with van der Waals surface area (Å²) >= 11 is 5.92. The fraction of sp³-hybridized carbons (Fsp3) is 0.727. The molecule has 0 aliphatic heterocycles. The zero-order valence-corrected chi connectivity index (χ0v) is 10.5. The van der Waals surface area contributed by atoms with Crippen molar-refractivity contribution in [3.05, 3.63) is 18.2 Å². The van der Waals surface area contributed by atoms with Gasteiger partial charge < -0.3 is 9.88 Å². The first-order valence-electron chi connectivity index (χ1n) is 5.38. The summed E-state index contributed by atoms with van der Waals surface area (Å²) < 4.78 is 2.05. The van der Waals surface area contributed by atoms with Crippen LogP contribution in [0.4, 0.5) is 0 Å².